The van der Waals surface area contributed by atoms with E-state index in [1.807, 2.05) is 0 Å². The topological polar surface area (TPSA) is 51.2 Å². The van der Waals surface area contributed by atoms with Crippen molar-refractivity contribution in [1.29, 1.82) is 0 Å². The molecule has 0 amide bonds. The van der Waals surface area contributed by atoms with E-state index in [4.69, 9.17) is 11.6 Å². The van der Waals surface area contributed by atoms with Crippen LogP contribution in [0.5, 0.6) is 0 Å². The fourth-order valence-corrected chi connectivity index (χ4v) is 1.07. The van der Waals surface area contributed by atoms with E-state index in [2.05, 4.69) is 0 Å². The maximum atomic E-state index is 10.7. The predicted octanol–water partition coefficient (Wildman–Crippen LogP) is -0.928. The maximum absolute atomic E-state index is 10.7. The van der Waals surface area contributed by atoms with Crippen molar-refractivity contribution in [2.45, 2.75) is 0 Å². The SMILES string of the molecule is O=C=c1cccc(C(=O)Cl)c1=C=O. The third-order valence-electron chi connectivity index (χ3n) is 1.49. The van der Waals surface area contributed by atoms with Crippen LogP contribution in [-0.2, 0) is 9.59 Å². The third-order valence-corrected chi connectivity index (χ3v) is 1.69. The van der Waals surface area contributed by atoms with Crippen LogP contribution in [0.1, 0.15) is 10.4 Å². The summed E-state index contributed by atoms with van der Waals surface area (Å²) in [6.45, 7) is 0. The molecule has 0 heterocycles. The fourth-order valence-electron chi connectivity index (χ4n) is 0.911. The Balaban J connectivity index is 3.89. The Labute approximate surface area is 77.9 Å². The van der Waals surface area contributed by atoms with Crippen LogP contribution < -0.4 is 10.4 Å². The van der Waals surface area contributed by atoms with Gasteiger partial charge in [0.2, 0.25) is 0 Å². The highest BCUT2D eigenvalue weighted by Crippen LogP contribution is 1.93. The van der Waals surface area contributed by atoms with E-state index >= 15 is 0 Å². The molecule has 1 aromatic carbocycles. The van der Waals surface area contributed by atoms with Crippen LogP contribution in [0.2, 0.25) is 0 Å². The van der Waals surface area contributed by atoms with Crippen LogP contribution in [0.4, 0.5) is 0 Å². The molecule has 0 aliphatic carbocycles. The summed E-state index contributed by atoms with van der Waals surface area (Å²) in [6.07, 6.45) is 0. The van der Waals surface area contributed by atoms with Crippen molar-refractivity contribution in [3.8, 4) is 0 Å². The molecule has 3 nitrogen and oxygen atoms in total. The second-order valence-corrected chi connectivity index (χ2v) is 2.55. The van der Waals surface area contributed by atoms with Gasteiger partial charge in [-0.2, -0.15) is 0 Å². The van der Waals surface area contributed by atoms with Gasteiger partial charge in [-0.1, -0.05) is 6.07 Å². The average Bonchev–Trinajstić information content (AvgIpc) is 2.16. The summed E-state index contributed by atoms with van der Waals surface area (Å²) in [5.74, 6) is 3.00. The minimum Gasteiger partial charge on any atom is -0.276 e. The van der Waals surface area contributed by atoms with Gasteiger partial charge in [0.25, 0.3) is 5.24 Å². The first-order chi connectivity index (χ1) is 6.20. The van der Waals surface area contributed by atoms with Crippen molar-refractivity contribution in [2.24, 2.45) is 0 Å². The maximum Gasteiger partial charge on any atom is 0.253 e. The minimum atomic E-state index is -0.796. The van der Waals surface area contributed by atoms with Gasteiger partial charge in [0.05, 0.1) is 16.0 Å². The second kappa shape index (κ2) is 3.83. The first-order valence-corrected chi connectivity index (χ1v) is 3.67. The first-order valence-electron chi connectivity index (χ1n) is 3.30. The van der Waals surface area contributed by atoms with Crippen molar-refractivity contribution >= 4 is 28.7 Å². The molecular formula is C9H3ClO3. The predicted molar refractivity (Wildman–Crippen MR) is 45.5 cm³/mol. The van der Waals surface area contributed by atoms with Crippen molar-refractivity contribution in [1.82, 2.24) is 0 Å². The smallest absolute Gasteiger partial charge is 0.253 e. The fraction of sp³-hybridized carbons (Fsp3) is 0. The Hall–Kier alpha value is -1.66. The average molecular weight is 195 g/mol. The van der Waals surface area contributed by atoms with Gasteiger partial charge in [-0.25, -0.2) is 9.59 Å². The molecule has 0 N–H and O–H groups in total. The molecule has 0 saturated heterocycles. The molecule has 0 atom stereocenters. The highest BCUT2D eigenvalue weighted by molar-refractivity contribution is 6.67. The Bertz CT molecular complexity index is 508. The number of hydrogen-bond acceptors (Lipinski definition) is 3. The van der Waals surface area contributed by atoms with E-state index in [0.29, 0.717) is 0 Å². The van der Waals surface area contributed by atoms with Crippen molar-refractivity contribution in [2.75, 3.05) is 0 Å². The van der Waals surface area contributed by atoms with E-state index in [1.54, 1.807) is 0 Å². The molecule has 0 radical (unpaired) electrons. The van der Waals surface area contributed by atoms with Crippen LogP contribution in [0, 0.1) is 0 Å². The first kappa shape index (κ1) is 9.43. The Morgan fingerprint density at radius 3 is 2.38 bits per heavy atom. The lowest BCUT2D eigenvalue weighted by Crippen LogP contribution is -2.31. The zero-order chi connectivity index (χ0) is 9.84. The molecule has 0 fully saturated rings. The molecule has 4 heteroatoms. The third kappa shape index (κ3) is 1.74. The summed E-state index contributed by atoms with van der Waals surface area (Å²) in [6, 6.07) is 4.14. The van der Waals surface area contributed by atoms with E-state index in [-0.39, 0.29) is 16.0 Å². The molecule has 0 spiro atoms. The lowest BCUT2D eigenvalue weighted by Gasteiger charge is -1.90. The Morgan fingerprint density at radius 2 is 1.92 bits per heavy atom. The monoisotopic (exact) mass is 194 g/mol. The molecule has 13 heavy (non-hydrogen) atoms. The lowest BCUT2D eigenvalue weighted by molar-refractivity contribution is 0.108. The largest absolute Gasteiger partial charge is 0.276 e. The number of halogens is 1. The van der Waals surface area contributed by atoms with E-state index in [9.17, 15) is 14.4 Å². The summed E-state index contributed by atoms with van der Waals surface area (Å²) >= 11 is 5.17. The van der Waals surface area contributed by atoms with Gasteiger partial charge in [-0.15, -0.1) is 0 Å². The molecule has 0 aliphatic rings. The van der Waals surface area contributed by atoms with Crippen LogP contribution >= 0.6 is 11.6 Å². The minimum absolute atomic E-state index is 0.0125. The van der Waals surface area contributed by atoms with Gasteiger partial charge in [-0.3, -0.25) is 4.79 Å². The zero-order valence-electron chi connectivity index (χ0n) is 6.33. The quantitative estimate of drug-likeness (QED) is 0.543. The molecule has 1 aromatic rings. The molecule has 0 aliphatic heterocycles. The van der Waals surface area contributed by atoms with E-state index in [1.165, 1.54) is 30.1 Å². The van der Waals surface area contributed by atoms with Gasteiger partial charge < -0.3 is 0 Å². The normalized spacial score (nSPS) is 8.69. The standard InChI is InChI=1S/C9H3ClO3/c10-9(13)7-3-1-2-6(4-11)8(7)5-12/h1-3H. The number of carbonyl (C=O) groups is 1. The second-order valence-electron chi connectivity index (χ2n) is 2.21. The van der Waals surface area contributed by atoms with Gasteiger partial charge in [0.15, 0.2) is 0 Å². The number of carbonyl (C=O) groups excluding carboxylic acids is 3. The summed E-state index contributed by atoms with van der Waals surface area (Å²) in [4.78, 5) is 31.4. The summed E-state index contributed by atoms with van der Waals surface area (Å²) < 4.78 is 0. The van der Waals surface area contributed by atoms with Gasteiger partial charge in [-0.05, 0) is 23.7 Å². The van der Waals surface area contributed by atoms with Gasteiger partial charge in [0.1, 0.15) is 11.9 Å². The molecule has 0 bridgehead atoms. The van der Waals surface area contributed by atoms with Gasteiger partial charge in [0, 0.05) is 0 Å². The van der Waals surface area contributed by atoms with E-state index in [0.717, 1.165) is 0 Å². The Morgan fingerprint density at radius 1 is 1.23 bits per heavy atom. The summed E-state index contributed by atoms with van der Waals surface area (Å²) in [5.41, 5.74) is -0.0301. The molecular weight excluding hydrogens is 192 g/mol. The summed E-state index contributed by atoms with van der Waals surface area (Å²) in [7, 11) is 0. The van der Waals surface area contributed by atoms with Crippen molar-refractivity contribution < 1.29 is 14.4 Å². The van der Waals surface area contributed by atoms with Gasteiger partial charge >= 0.3 is 0 Å². The molecule has 0 saturated carbocycles. The molecule has 64 valence electrons. The van der Waals surface area contributed by atoms with Crippen LogP contribution in [0.25, 0.3) is 0 Å². The molecule has 0 aromatic heterocycles. The molecule has 1 rings (SSSR count). The van der Waals surface area contributed by atoms with Crippen LogP contribution in [0.3, 0.4) is 0 Å². The van der Waals surface area contributed by atoms with Crippen LogP contribution in [0.15, 0.2) is 18.2 Å². The number of benzene rings is 1. The highest BCUT2D eigenvalue weighted by atomic mass is 35.5. The lowest BCUT2D eigenvalue weighted by atomic mass is 10.1. The van der Waals surface area contributed by atoms with Crippen molar-refractivity contribution in [3.63, 3.8) is 0 Å². The zero-order valence-corrected chi connectivity index (χ0v) is 7.09. The number of hydrogen-bond donors (Lipinski definition) is 0. The number of rotatable bonds is 1. The Kier molecular flexibility index (Phi) is 2.78. The van der Waals surface area contributed by atoms with Crippen molar-refractivity contribution in [3.05, 3.63) is 34.2 Å². The van der Waals surface area contributed by atoms with E-state index < -0.39 is 5.24 Å². The highest BCUT2D eigenvalue weighted by Gasteiger charge is 2.04. The molecule has 0 unspecified atom stereocenters. The summed E-state index contributed by atoms with van der Waals surface area (Å²) in [5, 5.41) is -0.950. The van der Waals surface area contributed by atoms with Crippen LogP contribution in [-0.4, -0.2) is 17.1 Å².